The standard InChI is InChI=1S/C37H43N3O8S2/c1-4-6-18-37(19-7-5-2)35(46)40(25-11-9-8-10-12-25)27-21-30(49-3)28(22-29(27)50-36(37)47)48-23-31(42)39-33(24-13-15-26(41)16-14-24)34(45)38-20-17-32(43)44/h8-16,21-22,33,41H,4-7,17-20,23H2,1-3H3,(H,38,45)(H,39,42)(H,43,44)/t33-/m1/s1. The van der Waals surface area contributed by atoms with Gasteiger partial charge in [0.05, 0.1) is 17.0 Å². The van der Waals surface area contributed by atoms with Crippen molar-refractivity contribution in [1.29, 1.82) is 0 Å². The second kappa shape index (κ2) is 18.0. The number of carbonyl (C=O) groups is 5. The van der Waals surface area contributed by atoms with Gasteiger partial charge in [0, 0.05) is 17.1 Å². The predicted molar refractivity (Wildman–Crippen MR) is 194 cm³/mol. The number of phenols is 1. The van der Waals surface area contributed by atoms with E-state index in [-0.39, 0.29) is 29.7 Å². The van der Waals surface area contributed by atoms with Gasteiger partial charge in [-0.25, -0.2) is 0 Å². The van der Waals surface area contributed by atoms with Crippen molar-refractivity contribution < 1.29 is 38.9 Å². The number of aromatic hydroxyl groups is 1. The van der Waals surface area contributed by atoms with Gasteiger partial charge in [-0.2, -0.15) is 0 Å². The van der Waals surface area contributed by atoms with E-state index in [1.165, 1.54) is 36.0 Å². The van der Waals surface area contributed by atoms with Gasteiger partial charge >= 0.3 is 5.97 Å². The topological polar surface area (TPSA) is 162 Å². The van der Waals surface area contributed by atoms with E-state index in [2.05, 4.69) is 10.6 Å². The minimum Gasteiger partial charge on any atom is -0.508 e. The normalized spacial score (nSPS) is 14.3. The molecule has 1 atom stereocenters. The average molecular weight is 722 g/mol. The highest BCUT2D eigenvalue weighted by molar-refractivity contribution is 8.14. The number of fused-ring (bicyclic) bond motifs is 1. The number of phenolic OH excluding ortho intramolecular Hbond substituents is 1. The quantitative estimate of drug-likeness (QED) is 0.0882. The predicted octanol–water partition coefficient (Wildman–Crippen LogP) is 6.61. The van der Waals surface area contributed by atoms with Crippen LogP contribution >= 0.6 is 23.5 Å². The molecule has 11 nitrogen and oxygen atoms in total. The van der Waals surface area contributed by atoms with E-state index in [1.807, 2.05) is 56.5 Å². The Labute approximate surface area is 300 Å². The Bertz CT molecular complexity index is 1680. The maximum absolute atomic E-state index is 14.7. The molecule has 266 valence electrons. The molecule has 0 bridgehead atoms. The average Bonchev–Trinajstić information content (AvgIpc) is 3.19. The van der Waals surface area contributed by atoms with E-state index in [9.17, 15) is 29.1 Å². The Hall–Kier alpha value is -4.49. The SMILES string of the molecule is CCCCC1(CCCC)C(=O)Sc2cc(OCC(=O)N[C@@H](C(=O)NCCC(=O)O)c3ccc(O)cc3)c(SC)cc2N(c2ccccc2)C1=O. The van der Waals surface area contributed by atoms with Crippen molar-refractivity contribution >= 4 is 63.7 Å². The molecule has 0 saturated carbocycles. The smallest absolute Gasteiger partial charge is 0.305 e. The summed E-state index contributed by atoms with van der Waals surface area (Å²) in [6, 6.07) is 17.3. The number of thioether (sulfide) groups is 2. The summed E-state index contributed by atoms with van der Waals surface area (Å²) in [5.41, 5.74) is 0.365. The summed E-state index contributed by atoms with van der Waals surface area (Å²) >= 11 is 2.38. The van der Waals surface area contributed by atoms with Crippen LogP contribution in [0, 0.1) is 5.41 Å². The first-order chi connectivity index (χ1) is 24.0. The molecule has 4 N–H and O–H groups in total. The maximum atomic E-state index is 14.7. The molecule has 0 unspecified atom stereocenters. The van der Waals surface area contributed by atoms with Crippen molar-refractivity contribution in [1.82, 2.24) is 10.6 Å². The van der Waals surface area contributed by atoms with Gasteiger partial charge in [0.2, 0.25) is 16.9 Å². The fourth-order valence-electron chi connectivity index (χ4n) is 5.71. The van der Waals surface area contributed by atoms with Crippen LogP contribution in [0.2, 0.25) is 0 Å². The van der Waals surface area contributed by atoms with Crippen molar-refractivity contribution in [2.45, 2.75) is 74.6 Å². The molecule has 0 aliphatic carbocycles. The zero-order valence-corrected chi connectivity index (χ0v) is 30.0. The number of nitrogens with one attached hydrogen (secondary N) is 2. The summed E-state index contributed by atoms with van der Waals surface area (Å²) in [5.74, 6) is -2.30. The van der Waals surface area contributed by atoms with Crippen LogP contribution in [-0.4, -0.2) is 58.4 Å². The minimum atomic E-state index is -1.21. The van der Waals surface area contributed by atoms with Crippen LogP contribution < -0.4 is 20.3 Å². The van der Waals surface area contributed by atoms with Crippen LogP contribution in [-0.2, 0) is 24.0 Å². The highest BCUT2D eigenvalue weighted by Crippen LogP contribution is 2.51. The van der Waals surface area contributed by atoms with Gasteiger partial charge in [0.1, 0.15) is 23.0 Å². The molecular formula is C37H43N3O8S2. The number of hydrogen-bond acceptors (Lipinski definition) is 9. The van der Waals surface area contributed by atoms with Gasteiger partial charge in [0.15, 0.2) is 6.61 Å². The lowest BCUT2D eigenvalue weighted by molar-refractivity contribution is -0.138. The lowest BCUT2D eigenvalue weighted by Gasteiger charge is -2.34. The van der Waals surface area contributed by atoms with E-state index in [0.717, 1.165) is 37.4 Å². The molecule has 50 heavy (non-hydrogen) atoms. The van der Waals surface area contributed by atoms with Crippen LogP contribution in [0.3, 0.4) is 0 Å². The van der Waals surface area contributed by atoms with Crippen molar-refractivity contribution in [3.8, 4) is 11.5 Å². The second-order valence-corrected chi connectivity index (χ2v) is 13.8. The molecule has 0 saturated heterocycles. The summed E-state index contributed by atoms with van der Waals surface area (Å²) < 4.78 is 6.02. The minimum absolute atomic E-state index is 0.0295. The van der Waals surface area contributed by atoms with Gasteiger partial charge in [-0.1, -0.05) is 69.9 Å². The number of para-hydroxylation sites is 1. The van der Waals surface area contributed by atoms with Gasteiger partial charge < -0.3 is 25.6 Å². The molecular weight excluding hydrogens is 679 g/mol. The lowest BCUT2D eigenvalue weighted by Crippen LogP contribution is -2.45. The lowest BCUT2D eigenvalue weighted by atomic mass is 9.77. The van der Waals surface area contributed by atoms with Crippen LogP contribution in [0.15, 0.2) is 76.5 Å². The maximum Gasteiger partial charge on any atom is 0.305 e. The first-order valence-electron chi connectivity index (χ1n) is 16.6. The fraction of sp³-hybridized carbons (Fsp3) is 0.378. The Balaban J connectivity index is 1.65. The first-order valence-corrected chi connectivity index (χ1v) is 18.6. The Morgan fingerprint density at radius 2 is 1.64 bits per heavy atom. The number of unbranched alkanes of at least 4 members (excludes halogenated alkanes) is 2. The van der Waals surface area contributed by atoms with Crippen LogP contribution in [0.25, 0.3) is 0 Å². The summed E-state index contributed by atoms with van der Waals surface area (Å²) in [6.07, 6.45) is 5.55. The number of rotatable bonds is 17. The summed E-state index contributed by atoms with van der Waals surface area (Å²) in [4.78, 5) is 68.9. The molecule has 0 fully saturated rings. The number of carboxylic acids is 1. The second-order valence-electron chi connectivity index (χ2n) is 11.9. The van der Waals surface area contributed by atoms with Crippen molar-refractivity contribution in [2.24, 2.45) is 5.41 Å². The molecule has 0 spiro atoms. The number of amides is 3. The van der Waals surface area contributed by atoms with Crippen LogP contribution in [0.5, 0.6) is 11.5 Å². The fourth-order valence-corrected chi connectivity index (χ4v) is 7.36. The van der Waals surface area contributed by atoms with E-state index in [0.29, 0.717) is 45.3 Å². The first kappa shape index (κ1) is 38.3. The van der Waals surface area contributed by atoms with E-state index in [4.69, 9.17) is 9.84 Å². The van der Waals surface area contributed by atoms with Gasteiger partial charge in [0.25, 0.3) is 5.91 Å². The third kappa shape index (κ3) is 9.19. The molecule has 0 radical (unpaired) electrons. The molecule has 0 aromatic heterocycles. The summed E-state index contributed by atoms with van der Waals surface area (Å²) in [6.45, 7) is 3.46. The molecule has 3 aromatic rings. The molecule has 1 aliphatic heterocycles. The monoisotopic (exact) mass is 721 g/mol. The van der Waals surface area contributed by atoms with Gasteiger partial charge in [-0.3, -0.25) is 28.9 Å². The third-order valence-electron chi connectivity index (χ3n) is 8.41. The molecule has 4 rings (SSSR count). The third-order valence-corrected chi connectivity index (χ3v) is 10.3. The van der Waals surface area contributed by atoms with Crippen LogP contribution in [0.1, 0.15) is 70.4 Å². The number of hydrogen-bond donors (Lipinski definition) is 4. The number of nitrogens with zero attached hydrogens (tertiary/aromatic N) is 1. The number of ether oxygens (including phenoxy) is 1. The molecule has 3 amide bonds. The molecule has 3 aromatic carbocycles. The Morgan fingerprint density at radius 3 is 2.24 bits per heavy atom. The zero-order chi connectivity index (χ0) is 36.3. The van der Waals surface area contributed by atoms with E-state index < -0.39 is 35.8 Å². The Kier molecular flexibility index (Phi) is 13.8. The summed E-state index contributed by atoms with van der Waals surface area (Å²) in [7, 11) is 0. The number of carboxylic acid groups (broad SMARTS) is 1. The van der Waals surface area contributed by atoms with Crippen LogP contribution in [0.4, 0.5) is 11.4 Å². The molecule has 1 aliphatic rings. The summed E-state index contributed by atoms with van der Waals surface area (Å²) in [5, 5.41) is 23.6. The zero-order valence-electron chi connectivity index (χ0n) is 28.4. The highest BCUT2D eigenvalue weighted by Gasteiger charge is 2.50. The molecule has 1 heterocycles. The van der Waals surface area contributed by atoms with Crippen molar-refractivity contribution in [3.05, 3.63) is 72.3 Å². The molecule has 13 heteroatoms. The van der Waals surface area contributed by atoms with Crippen molar-refractivity contribution in [2.75, 3.05) is 24.3 Å². The largest absolute Gasteiger partial charge is 0.508 e. The highest BCUT2D eigenvalue weighted by atomic mass is 32.2. The number of benzene rings is 3. The Morgan fingerprint density at radius 1 is 0.980 bits per heavy atom. The number of carbonyl (C=O) groups excluding carboxylic acids is 4. The van der Waals surface area contributed by atoms with E-state index >= 15 is 0 Å². The van der Waals surface area contributed by atoms with Crippen molar-refractivity contribution in [3.63, 3.8) is 0 Å². The van der Waals surface area contributed by atoms with E-state index in [1.54, 1.807) is 11.0 Å². The van der Waals surface area contributed by atoms with Gasteiger partial charge in [-0.05, 0) is 72.8 Å². The number of aliphatic carboxylic acids is 1. The number of anilines is 2. The van der Waals surface area contributed by atoms with Gasteiger partial charge in [-0.15, -0.1) is 11.8 Å².